The van der Waals surface area contributed by atoms with Crippen molar-refractivity contribution in [1.82, 2.24) is 14.5 Å². The van der Waals surface area contributed by atoms with Crippen molar-refractivity contribution in [3.8, 4) is 11.3 Å². The van der Waals surface area contributed by atoms with Gasteiger partial charge >= 0.3 is 0 Å². The normalized spacial score (nSPS) is 16.1. The monoisotopic (exact) mass is 386 g/mol. The third-order valence-electron chi connectivity index (χ3n) is 5.16. The summed E-state index contributed by atoms with van der Waals surface area (Å²) in [6.07, 6.45) is 3.00. The zero-order chi connectivity index (χ0) is 20.1. The number of amides is 1. The molecule has 3 heterocycles. The fourth-order valence-electron chi connectivity index (χ4n) is 3.71. The summed E-state index contributed by atoms with van der Waals surface area (Å²) in [5.74, 6) is -2.89. The molecule has 8 heteroatoms. The lowest BCUT2D eigenvalue weighted by Gasteiger charge is -2.34. The number of aromatic nitrogens is 3. The van der Waals surface area contributed by atoms with Gasteiger partial charge in [0.2, 0.25) is 11.8 Å². The van der Waals surface area contributed by atoms with Gasteiger partial charge in [0.1, 0.15) is 11.3 Å². The number of carbonyl (C=O) groups excluding carboxylic acids is 1. The second kappa shape index (κ2) is 6.54. The number of halogens is 2. The average molecular weight is 386 g/mol. The van der Waals surface area contributed by atoms with E-state index in [0.29, 0.717) is 17.0 Å². The first-order valence-electron chi connectivity index (χ1n) is 9.06. The Balaban J connectivity index is 1.62. The van der Waals surface area contributed by atoms with Crippen LogP contribution in [0.15, 0.2) is 35.4 Å². The van der Waals surface area contributed by atoms with Crippen molar-refractivity contribution in [3.05, 3.63) is 46.5 Å². The molecular weight excluding hydrogens is 366 g/mol. The van der Waals surface area contributed by atoms with E-state index in [0.717, 1.165) is 16.5 Å². The molecule has 0 bridgehead atoms. The minimum atomic E-state index is -2.63. The number of anilines is 1. The molecule has 146 valence electrons. The van der Waals surface area contributed by atoms with Crippen LogP contribution in [0.1, 0.15) is 24.8 Å². The first kappa shape index (κ1) is 18.3. The Hall–Kier alpha value is -3.03. The van der Waals surface area contributed by atoms with Crippen LogP contribution in [0.3, 0.4) is 0 Å². The van der Waals surface area contributed by atoms with E-state index >= 15 is 0 Å². The maximum absolute atomic E-state index is 12.9. The highest BCUT2D eigenvalue weighted by molar-refractivity contribution is 5.95. The number of pyridine rings is 2. The Morgan fingerprint density at radius 1 is 1.36 bits per heavy atom. The van der Waals surface area contributed by atoms with Crippen molar-refractivity contribution < 1.29 is 13.6 Å². The predicted molar refractivity (Wildman–Crippen MR) is 102 cm³/mol. The van der Waals surface area contributed by atoms with Gasteiger partial charge in [-0.25, -0.2) is 13.8 Å². The fourth-order valence-corrected chi connectivity index (χ4v) is 3.71. The molecule has 4 rings (SSSR count). The Bertz CT molecular complexity index is 1120. The lowest BCUT2D eigenvalue weighted by molar-refractivity contribution is -0.129. The van der Waals surface area contributed by atoms with E-state index in [2.05, 4.69) is 15.3 Å². The summed E-state index contributed by atoms with van der Waals surface area (Å²) in [5.41, 5.74) is 2.65. The Morgan fingerprint density at radius 3 is 2.82 bits per heavy atom. The SMILES string of the molecule is Cc1ccc(NC(=O)CC2CC(F)(F)C2)nc1-c1cn(C)c(=O)c2[nH]ccc12. The number of hydrogen-bond acceptors (Lipinski definition) is 3. The first-order chi connectivity index (χ1) is 13.2. The van der Waals surface area contributed by atoms with Crippen LogP contribution in [0, 0.1) is 12.8 Å². The summed E-state index contributed by atoms with van der Waals surface area (Å²) in [4.78, 5) is 31.9. The van der Waals surface area contributed by atoms with Crippen LogP contribution in [-0.4, -0.2) is 26.4 Å². The molecule has 6 nitrogen and oxygen atoms in total. The lowest BCUT2D eigenvalue weighted by Crippen LogP contribution is -2.37. The van der Waals surface area contributed by atoms with Gasteiger partial charge in [0, 0.05) is 49.7 Å². The summed E-state index contributed by atoms with van der Waals surface area (Å²) in [7, 11) is 1.67. The van der Waals surface area contributed by atoms with Crippen LogP contribution in [-0.2, 0) is 11.8 Å². The van der Waals surface area contributed by atoms with Crippen LogP contribution >= 0.6 is 0 Å². The van der Waals surface area contributed by atoms with Crippen LogP contribution in [0.5, 0.6) is 0 Å². The number of alkyl halides is 2. The third kappa shape index (κ3) is 3.30. The number of carbonyl (C=O) groups is 1. The maximum Gasteiger partial charge on any atom is 0.274 e. The maximum atomic E-state index is 12.9. The molecule has 0 atom stereocenters. The average Bonchev–Trinajstić information content (AvgIpc) is 3.08. The molecule has 28 heavy (non-hydrogen) atoms. The molecule has 1 saturated carbocycles. The van der Waals surface area contributed by atoms with E-state index in [1.165, 1.54) is 4.57 Å². The van der Waals surface area contributed by atoms with E-state index < -0.39 is 5.92 Å². The molecule has 1 aliphatic rings. The van der Waals surface area contributed by atoms with Crippen LogP contribution < -0.4 is 10.9 Å². The second-order valence-electron chi connectivity index (χ2n) is 7.47. The van der Waals surface area contributed by atoms with Gasteiger partial charge in [-0.1, -0.05) is 6.07 Å². The van der Waals surface area contributed by atoms with Crippen molar-refractivity contribution in [1.29, 1.82) is 0 Å². The predicted octanol–water partition coefficient (Wildman–Crippen LogP) is 3.61. The van der Waals surface area contributed by atoms with Crippen molar-refractivity contribution in [2.75, 3.05) is 5.32 Å². The van der Waals surface area contributed by atoms with Crippen LogP contribution in [0.2, 0.25) is 0 Å². The van der Waals surface area contributed by atoms with Gasteiger partial charge in [0.05, 0.1) is 5.69 Å². The van der Waals surface area contributed by atoms with E-state index in [9.17, 15) is 18.4 Å². The second-order valence-corrected chi connectivity index (χ2v) is 7.47. The molecule has 1 aliphatic carbocycles. The van der Waals surface area contributed by atoms with Crippen molar-refractivity contribution in [2.24, 2.45) is 13.0 Å². The Kier molecular flexibility index (Phi) is 4.28. The molecule has 3 aromatic heterocycles. The summed E-state index contributed by atoms with van der Waals surface area (Å²) >= 11 is 0. The molecule has 2 N–H and O–H groups in total. The van der Waals surface area contributed by atoms with Gasteiger partial charge in [-0.2, -0.15) is 0 Å². The topological polar surface area (TPSA) is 79.8 Å². The largest absolute Gasteiger partial charge is 0.357 e. The highest BCUT2D eigenvalue weighted by Crippen LogP contribution is 2.44. The summed E-state index contributed by atoms with van der Waals surface area (Å²) < 4.78 is 27.4. The molecule has 0 saturated heterocycles. The molecular formula is C20H20F2N4O2. The highest BCUT2D eigenvalue weighted by atomic mass is 19.3. The van der Waals surface area contributed by atoms with Crippen molar-refractivity contribution in [2.45, 2.75) is 32.1 Å². The number of nitrogens with zero attached hydrogens (tertiary/aromatic N) is 2. The molecule has 0 unspecified atom stereocenters. The highest BCUT2D eigenvalue weighted by Gasteiger charge is 2.45. The number of nitrogens with one attached hydrogen (secondary N) is 2. The molecule has 3 aromatic rings. The van der Waals surface area contributed by atoms with Gasteiger partial charge < -0.3 is 14.9 Å². The minimum absolute atomic E-state index is 0.0579. The number of H-pyrrole nitrogens is 1. The van der Waals surface area contributed by atoms with E-state index in [-0.39, 0.29) is 36.6 Å². The van der Waals surface area contributed by atoms with Gasteiger partial charge in [0.15, 0.2) is 0 Å². The molecule has 0 aliphatic heterocycles. The standard InChI is InChI=1S/C20H20F2N4O2/c1-11-3-4-15(24-16(27)7-12-8-20(21,22)9-12)25-17(11)14-10-26(2)19(28)18-13(14)5-6-23-18/h3-6,10,12,23H,7-9H2,1-2H3,(H,24,25,27). The first-order valence-corrected chi connectivity index (χ1v) is 9.06. The van der Waals surface area contributed by atoms with Gasteiger partial charge in [-0.3, -0.25) is 9.59 Å². The summed E-state index contributed by atoms with van der Waals surface area (Å²) in [6.45, 7) is 1.90. The number of aromatic amines is 1. The number of hydrogen-bond donors (Lipinski definition) is 2. The summed E-state index contributed by atoms with van der Waals surface area (Å²) in [5, 5.41) is 3.45. The Morgan fingerprint density at radius 2 is 2.11 bits per heavy atom. The van der Waals surface area contributed by atoms with Crippen molar-refractivity contribution in [3.63, 3.8) is 0 Å². The molecule has 0 radical (unpaired) electrons. The fraction of sp³-hybridized carbons (Fsp3) is 0.350. The Labute approximate surface area is 159 Å². The lowest BCUT2D eigenvalue weighted by atomic mass is 9.79. The molecule has 1 fully saturated rings. The van der Waals surface area contributed by atoms with E-state index in [1.54, 1.807) is 25.5 Å². The van der Waals surface area contributed by atoms with Crippen molar-refractivity contribution >= 4 is 22.6 Å². The number of rotatable bonds is 4. The zero-order valence-electron chi connectivity index (χ0n) is 15.6. The van der Waals surface area contributed by atoms with Crippen LogP contribution in [0.4, 0.5) is 14.6 Å². The molecule has 0 spiro atoms. The van der Waals surface area contributed by atoms with Crippen LogP contribution in [0.25, 0.3) is 22.2 Å². The van der Waals surface area contributed by atoms with E-state index in [4.69, 9.17) is 0 Å². The third-order valence-corrected chi connectivity index (χ3v) is 5.16. The van der Waals surface area contributed by atoms with Gasteiger partial charge in [0.25, 0.3) is 5.56 Å². The van der Waals surface area contributed by atoms with Gasteiger partial charge in [-0.05, 0) is 30.5 Å². The smallest absolute Gasteiger partial charge is 0.274 e. The molecule has 0 aromatic carbocycles. The number of aryl methyl sites for hydroxylation is 2. The van der Waals surface area contributed by atoms with Gasteiger partial charge in [-0.15, -0.1) is 0 Å². The zero-order valence-corrected chi connectivity index (χ0v) is 15.6. The van der Waals surface area contributed by atoms with E-state index in [1.807, 2.05) is 19.1 Å². The number of fused-ring (bicyclic) bond motifs is 1. The minimum Gasteiger partial charge on any atom is -0.357 e. The summed E-state index contributed by atoms with van der Waals surface area (Å²) in [6, 6.07) is 5.33. The quantitative estimate of drug-likeness (QED) is 0.719. The molecule has 1 amide bonds.